The lowest BCUT2D eigenvalue weighted by atomic mass is 10.2. The molecule has 0 aromatic carbocycles. The molecule has 4 nitrogen and oxygen atoms in total. The van der Waals surface area contributed by atoms with Gasteiger partial charge in [0.1, 0.15) is 0 Å². The summed E-state index contributed by atoms with van der Waals surface area (Å²) in [5.74, 6) is 0. The summed E-state index contributed by atoms with van der Waals surface area (Å²) < 4.78 is 10.4. The van der Waals surface area contributed by atoms with Crippen LogP contribution < -0.4 is 5.32 Å². The van der Waals surface area contributed by atoms with Gasteiger partial charge < -0.3 is 14.8 Å². The molecule has 0 spiro atoms. The molecule has 4 heteroatoms. The van der Waals surface area contributed by atoms with E-state index in [1.54, 1.807) is 14.2 Å². The second kappa shape index (κ2) is 7.79. The first kappa shape index (κ1) is 13.6. The molecule has 0 amide bonds. The van der Waals surface area contributed by atoms with E-state index in [-0.39, 0.29) is 0 Å². The van der Waals surface area contributed by atoms with Gasteiger partial charge in [-0.25, -0.2) is 0 Å². The molecule has 1 N–H and O–H groups in total. The summed E-state index contributed by atoms with van der Waals surface area (Å²) in [7, 11) is 3.52. The highest BCUT2D eigenvalue weighted by Crippen LogP contribution is 2.10. The third kappa shape index (κ3) is 4.61. The van der Waals surface area contributed by atoms with E-state index in [2.05, 4.69) is 16.8 Å². The molecule has 94 valence electrons. The standard InChI is InChI=1S/C12H24N2O2/c1-4-5-14(6-7-15-2)10-11-8-12(16-3)9-13-11/h4,11-13H,1,5-10H2,2-3H3. The van der Waals surface area contributed by atoms with Gasteiger partial charge in [-0.3, -0.25) is 4.90 Å². The van der Waals surface area contributed by atoms with Crippen LogP contribution in [0.2, 0.25) is 0 Å². The number of hydrogen-bond donors (Lipinski definition) is 1. The van der Waals surface area contributed by atoms with Gasteiger partial charge in [0.2, 0.25) is 0 Å². The molecule has 1 saturated heterocycles. The maximum absolute atomic E-state index is 5.34. The van der Waals surface area contributed by atoms with Crippen molar-refractivity contribution in [3.63, 3.8) is 0 Å². The minimum absolute atomic E-state index is 0.373. The lowest BCUT2D eigenvalue weighted by molar-refractivity contribution is 0.114. The molecule has 0 radical (unpaired) electrons. The maximum Gasteiger partial charge on any atom is 0.0711 e. The van der Waals surface area contributed by atoms with E-state index in [0.29, 0.717) is 12.1 Å². The first-order valence-corrected chi connectivity index (χ1v) is 5.88. The maximum atomic E-state index is 5.34. The van der Waals surface area contributed by atoms with Gasteiger partial charge in [0.25, 0.3) is 0 Å². The van der Waals surface area contributed by atoms with Crippen molar-refractivity contribution >= 4 is 0 Å². The van der Waals surface area contributed by atoms with Gasteiger partial charge in [0.05, 0.1) is 12.7 Å². The molecule has 0 aliphatic carbocycles. The lowest BCUT2D eigenvalue weighted by Crippen LogP contribution is -2.39. The second-order valence-corrected chi connectivity index (χ2v) is 4.24. The molecule has 2 unspecified atom stereocenters. The zero-order valence-corrected chi connectivity index (χ0v) is 10.4. The molecule has 1 fully saturated rings. The fourth-order valence-electron chi connectivity index (χ4n) is 2.07. The van der Waals surface area contributed by atoms with Gasteiger partial charge in [0.15, 0.2) is 0 Å². The van der Waals surface area contributed by atoms with E-state index in [1.807, 2.05) is 6.08 Å². The van der Waals surface area contributed by atoms with E-state index >= 15 is 0 Å². The van der Waals surface area contributed by atoms with Crippen LogP contribution in [0.4, 0.5) is 0 Å². The fraction of sp³-hybridized carbons (Fsp3) is 0.833. The van der Waals surface area contributed by atoms with Crippen molar-refractivity contribution < 1.29 is 9.47 Å². The molecule has 1 aliphatic heterocycles. The second-order valence-electron chi connectivity index (χ2n) is 4.24. The van der Waals surface area contributed by atoms with Crippen LogP contribution in [0.3, 0.4) is 0 Å². The smallest absolute Gasteiger partial charge is 0.0711 e. The summed E-state index contributed by atoms with van der Waals surface area (Å²) in [5, 5.41) is 3.48. The van der Waals surface area contributed by atoms with Gasteiger partial charge in [-0.05, 0) is 6.42 Å². The molecule has 1 rings (SSSR count). The number of methoxy groups -OCH3 is 2. The number of ether oxygens (including phenoxy) is 2. The van der Waals surface area contributed by atoms with E-state index in [9.17, 15) is 0 Å². The first-order valence-electron chi connectivity index (χ1n) is 5.88. The summed E-state index contributed by atoms with van der Waals surface area (Å²) in [5.41, 5.74) is 0. The van der Waals surface area contributed by atoms with E-state index in [4.69, 9.17) is 9.47 Å². The quantitative estimate of drug-likeness (QED) is 0.613. The van der Waals surface area contributed by atoms with Gasteiger partial charge >= 0.3 is 0 Å². The molecule has 16 heavy (non-hydrogen) atoms. The minimum Gasteiger partial charge on any atom is -0.383 e. The molecule has 1 aliphatic rings. The van der Waals surface area contributed by atoms with Crippen molar-refractivity contribution in [2.75, 3.05) is 47.0 Å². The number of nitrogens with one attached hydrogen (secondary N) is 1. The van der Waals surface area contributed by atoms with Crippen LogP contribution >= 0.6 is 0 Å². The van der Waals surface area contributed by atoms with E-state index < -0.39 is 0 Å². The largest absolute Gasteiger partial charge is 0.383 e. The van der Waals surface area contributed by atoms with Crippen molar-refractivity contribution in [2.45, 2.75) is 18.6 Å². The van der Waals surface area contributed by atoms with Crippen LogP contribution in [0.5, 0.6) is 0 Å². The zero-order valence-electron chi connectivity index (χ0n) is 10.4. The van der Waals surface area contributed by atoms with Crippen LogP contribution in [0, 0.1) is 0 Å². The average molecular weight is 228 g/mol. The van der Waals surface area contributed by atoms with Crippen molar-refractivity contribution in [3.05, 3.63) is 12.7 Å². The van der Waals surface area contributed by atoms with Crippen molar-refractivity contribution in [2.24, 2.45) is 0 Å². The molecule has 1 heterocycles. The zero-order chi connectivity index (χ0) is 11.8. The van der Waals surface area contributed by atoms with E-state index in [1.165, 1.54) is 0 Å². The molecule has 0 saturated carbocycles. The Kier molecular flexibility index (Phi) is 6.64. The van der Waals surface area contributed by atoms with Crippen LogP contribution in [0.1, 0.15) is 6.42 Å². The third-order valence-corrected chi connectivity index (χ3v) is 2.99. The summed E-state index contributed by atoms with van der Waals surface area (Å²) in [6.07, 6.45) is 3.41. The Morgan fingerprint density at radius 3 is 2.88 bits per heavy atom. The number of rotatable bonds is 8. The van der Waals surface area contributed by atoms with Crippen molar-refractivity contribution in [3.8, 4) is 0 Å². The highest BCUT2D eigenvalue weighted by atomic mass is 16.5. The predicted octanol–water partition coefficient (Wildman–Crippen LogP) is 0.498. The Morgan fingerprint density at radius 1 is 1.50 bits per heavy atom. The molecule has 0 aromatic heterocycles. The average Bonchev–Trinajstić information content (AvgIpc) is 2.74. The van der Waals surface area contributed by atoms with Crippen LogP contribution in [-0.4, -0.2) is 64.1 Å². The summed E-state index contributed by atoms with van der Waals surface area (Å²) in [6.45, 7) is 8.43. The van der Waals surface area contributed by atoms with Crippen LogP contribution in [0.25, 0.3) is 0 Å². The molecule has 0 aromatic rings. The Labute approximate surface area is 98.6 Å². The minimum atomic E-state index is 0.373. The van der Waals surface area contributed by atoms with Gasteiger partial charge in [-0.1, -0.05) is 6.08 Å². The summed E-state index contributed by atoms with van der Waals surface area (Å²) >= 11 is 0. The van der Waals surface area contributed by atoms with Crippen LogP contribution in [0.15, 0.2) is 12.7 Å². The first-order chi connectivity index (χ1) is 7.80. The number of hydrogen-bond acceptors (Lipinski definition) is 4. The molecular formula is C12H24N2O2. The van der Waals surface area contributed by atoms with Gasteiger partial charge in [-0.2, -0.15) is 0 Å². The van der Waals surface area contributed by atoms with Gasteiger partial charge in [-0.15, -0.1) is 6.58 Å². The van der Waals surface area contributed by atoms with Gasteiger partial charge in [0, 0.05) is 46.4 Å². The lowest BCUT2D eigenvalue weighted by Gasteiger charge is -2.23. The highest BCUT2D eigenvalue weighted by molar-refractivity contribution is 4.86. The topological polar surface area (TPSA) is 33.7 Å². The SMILES string of the molecule is C=CCN(CCOC)CC1CC(OC)CN1. The summed E-state index contributed by atoms with van der Waals surface area (Å²) in [4.78, 5) is 2.35. The normalized spacial score (nSPS) is 25.2. The predicted molar refractivity (Wildman–Crippen MR) is 65.7 cm³/mol. The molecule has 2 atom stereocenters. The molecule has 0 bridgehead atoms. The Hall–Kier alpha value is -0.420. The Bertz CT molecular complexity index is 199. The Morgan fingerprint density at radius 2 is 2.31 bits per heavy atom. The Balaban J connectivity index is 2.27. The monoisotopic (exact) mass is 228 g/mol. The van der Waals surface area contributed by atoms with Crippen molar-refractivity contribution in [1.82, 2.24) is 10.2 Å². The highest BCUT2D eigenvalue weighted by Gasteiger charge is 2.24. The van der Waals surface area contributed by atoms with Crippen molar-refractivity contribution in [1.29, 1.82) is 0 Å². The van der Waals surface area contributed by atoms with E-state index in [0.717, 1.165) is 39.2 Å². The van der Waals surface area contributed by atoms with Crippen LogP contribution in [-0.2, 0) is 9.47 Å². The third-order valence-electron chi connectivity index (χ3n) is 2.99. The summed E-state index contributed by atoms with van der Waals surface area (Å²) in [6, 6.07) is 0.529. The fourth-order valence-corrected chi connectivity index (χ4v) is 2.07. The molecular weight excluding hydrogens is 204 g/mol. The number of nitrogens with zero attached hydrogens (tertiary/aromatic N) is 1.